The minimum Gasteiger partial charge on any atom is -0.492 e. The molecule has 2 N–H and O–H groups in total. The van der Waals surface area contributed by atoms with E-state index < -0.39 is 0 Å². The summed E-state index contributed by atoms with van der Waals surface area (Å²) in [6, 6.07) is 23.7. The van der Waals surface area contributed by atoms with Crippen LogP contribution in [0.4, 0.5) is 5.69 Å². The molecule has 0 radical (unpaired) electrons. The quantitative estimate of drug-likeness (QED) is 0.270. The molecule has 0 saturated carbocycles. The van der Waals surface area contributed by atoms with Gasteiger partial charge in [0.05, 0.1) is 18.0 Å². The van der Waals surface area contributed by atoms with Gasteiger partial charge >= 0.3 is 0 Å². The van der Waals surface area contributed by atoms with Crippen molar-refractivity contribution in [3.63, 3.8) is 0 Å². The number of aryl methyl sites for hydroxylation is 1. The Labute approximate surface area is 207 Å². The van der Waals surface area contributed by atoms with Gasteiger partial charge in [-0.25, -0.2) is 0 Å². The fraction of sp³-hybridized carbons (Fsp3) is 0.148. The summed E-state index contributed by atoms with van der Waals surface area (Å²) in [6.45, 7) is 4.49. The van der Waals surface area contributed by atoms with Gasteiger partial charge in [0.25, 0.3) is 0 Å². The first-order valence-electron chi connectivity index (χ1n) is 11.4. The Morgan fingerprint density at radius 2 is 1.89 bits per heavy atom. The number of H-pyrrole nitrogens is 1. The van der Waals surface area contributed by atoms with Gasteiger partial charge in [-0.2, -0.15) is 0 Å². The Balaban J connectivity index is 1.45. The summed E-state index contributed by atoms with van der Waals surface area (Å²) >= 11 is 1.34. The van der Waals surface area contributed by atoms with Gasteiger partial charge in [-0.3, -0.25) is 9.36 Å². The van der Waals surface area contributed by atoms with E-state index in [0.29, 0.717) is 23.2 Å². The number of rotatable bonds is 8. The number of carbonyl (C=O) groups excluding carboxylic acids is 1. The van der Waals surface area contributed by atoms with Gasteiger partial charge in [0.1, 0.15) is 5.75 Å². The van der Waals surface area contributed by atoms with Crippen molar-refractivity contribution in [1.29, 1.82) is 0 Å². The second-order valence-corrected chi connectivity index (χ2v) is 8.94. The zero-order valence-corrected chi connectivity index (χ0v) is 20.3. The van der Waals surface area contributed by atoms with Crippen molar-refractivity contribution in [3.05, 3.63) is 84.6 Å². The second-order valence-electron chi connectivity index (χ2n) is 7.99. The van der Waals surface area contributed by atoms with Crippen molar-refractivity contribution < 1.29 is 9.53 Å². The molecule has 7 nitrogen and oxygen atoms in total. The molecule has 0 spiro atoms. The molecule has 2 aromatic heterocycles. The number of hydrogen-bond acceptors (Lipinski definition) is 5. The minimum absolute atomic E-state index is 0.144. The predicted octanol–water partition coefficient (Wildman–Crippen LogP) is 5.85. The highest BCUT2D eigenvalue weighted by atomic mass is 32.2. The van der Waals surface area contributed by atoms with Crippen molar-refractivity contribution in [1.82, 2.24) is 19.7 Å². The maximum absolute atomic E-state index is 12.8. The fourth-order valence-electron chi connectivity index (χ4n) is 3.96. The number of nitrogens with zero attached hydrogens (tertiary/aromatic N) is 3. The molecular weight excluding hydrogens is 458 g/mol. The monoisotopic (exact) mass is 483 g/mol. The summed E-state index contributed by atoms with van der Waals surface area (Å²) < 4.78 is 7.63. The van der Waals surface area contributed by atoms with Crippen molar-refractivity contribution in [2.45, 2.75) is 19.0 Å². The average Bonchev–Trinajstić information content (AvgIpc) is 3.48. The molecule has 0 aliphatic carbocycles. The molecule has 2 heterocycles. The van der Waals surface area contributed by atoms with Crippen molar-refractivity contribution in [2.24, 2.45) is 0 Å². The van der Waals surface area contributed by atoms with Crippen LogP contribution in [0.1, 0.15) is 12.5 Å². The molecule has 0 fully saturated rings. The molecule has 1 amide bonds. The number of fused-ring (bicyclic) bond motifs is 1. The van der Waals surface area contributed by atoms with E-state index in [9.17, 15) is 4.79 Å². The number of aromatic amines is 1. The number of ether oxygens (including phenoxy) is 1. The molecule has 3 aromatic carbocycles. The molecule has 0 saturated heterocycles. The Morgan fingerprint density at radius 1 is 1.06 bits per heavy atom. The number of hydrogen-bond donors (Lipinski definition) is 2. The minimum atomic E-state index is -0.144. The first-order valence-corrected chi connectivity index (χ1v) is 12.4. The second kappa shape index (κ2) is 10.1. The number of nitrogens with one attached hydrogen (secondary N) is 2. The van der Waals surface area contributed by atoms with Crippen molar-refractivity contribution >= 4 is 34.3 Å². The topological polar surface area (TPSA) is 84.8 Å². The largest absolute Gasteiger partial charge is 0.492 e. The summed E-state index contributed by atoms with van der Waals surface area (Å²) in [4.78, 5) is 16.1. The molecule has 5 aromatic rings. The molecule has 0 bridgehead atoms. The van der Waals surface area contributed by atoms with Crippen LogP contribution < -0.4 is 10.1 Å². The van der Waals surface area contributed by atoms with Crippen LogP contribution in [-0.2, 0) is 4.79 Å². The molecule has 0 atom stereocenters. The Kier molecular flexibility index (Phi) is 6.54. The lowest BCUT2D eigenvalue weighted by molar-refractivity contribution is -0.113. The SMILES string of the molecule is CCOc1ccccc1NC(=O)CSc1nnc(-c2c[nH]c3ccccc23)n1-c1cccc(C)c1. The van der Waals surface area contributed by atoms with Gasteiger partial charge < -0.3 is 15.0 Å². The fourth-order valence-corrected chi connectivity index (χ4v) is 4.71. The number of anilines is 1. The molecule has 35 heavy (non-hydrogen) atoms. The third-order valence-electron chi connectivity index (χ3n) is 5.52. The standard InChI is InChI=1S/C27H25N5O2S/c1-3-34-24-14-7-6-13-23(24)29-25(33)17-35-27-31-30-26(32(27)19-10-8-9-18(2)15-19)21-16-28-22-12-5-4-11-20(21)22/h4-16,28H,3,17H2,1-2H3,(H,29,33). The third-order valence-corrected chi connectivity index (χ3v) is 6.45. The van der Waals surface area contributed by atoms with Crippen LogP contribution in [0.3, 0.4) is 0 Å². The lowest BCUT2D eigenvalue weighted by Crippen LogP contribution is -2.15. The van der Waals surface area contributed by atoms with Crippen LogP contribution in [0.25, 0.3) is 28.0 Å². The van der Waals surface area contributed by atoms with E-state index in [4.69, 9.17) is 4.74 Å². The van der Waals surface area contributed by atoms with Crippen LogP contribution in [0.2, 0.25) is 0 Å². The van der Waals surface area contributed by atoms with Gasteiger partial charge in [0.2, 0.25) is 5.91 Å². The summed E-state index contributed by atoms with van der Waals surface area (Å²) in [6.07, 6.45) is 1.95. The normalized spacial score (nSPS) is 11.0. The number of amides is 1. The van der Waals surface area contributed by atoms with Crippen LogP contribution in [0, 0.1) is 6.92 Å². The predicted molar refractivity (Wildman–Crippen MR) is 140 cm³/mol. The Morgan fingerprint density at radius 3 is 2.74 bits per heavy atom. The maximum atomic E-state index is 12.8. The molecular formula is C27H25N5O2S. The van der Waals surface area contributed by atoms with Crippen LogP contribution in [0.5, 0.6) is 5.75 Å². The summed E-state index contributed by atoms with van der Waals surface area (Å²) in [5.74, 6) is 1.41. The highest BCUT2D eigenvalue weighted by Gasteiger charge is 2.20. The lowest BCUT2D eigenvalue weighted by Gasteiger charge is -2.12. The number of aromatic nitrogens is 4. The molecule has 8 heteroatoms. The number of para-hydroxylation sites is 3. The van der Waals surface area contributed by atoms with Crippen LogP contribution in [0.15, 0.2) is 84.1 Å². The van der Waals surface area contributed by atoms with E-state index in [1.165, 1.54) is 11.8 Å². The van der Waals surface area contributed by atoms with E-state index >= 15 is 0 Å². The van der Waals surface area contributed by atoms with Gasteiger partial charge in [-0.05, 0) is 49.7 Å². The van der Waals surface area contributed by atoms with Crippen molar-refractivity contribution in [3.8, 4) is 22.8 Å². The van der Waals surface area contributed by atoms with E-state index in [2.05, 4.69) is 45.6 Å². The van der Waals surface area contributed by atoms with Crippen LogP contribution >= 0.6 is 11.8 Å². The molecule has 0 aliphatic heterocycles. The highest BCUT2D eigenvalue weighted by Crippen LogP contribution is 2.33. The number of carbonyl (C=O) groups is 1. The summed E-state index contributed by atoms with van der Waals surface area (Å²) in [7, 11) is 0. The van der Waals surface area contributed by atoms with Crippen LogP contribution in [-0.4, -0.2) is 38.0 Å². The van der Waals surface area contributed by atoms with E-state index in [1.54, 1.807) is 0 Å². The van der Waals surface area contributed by atoms with Gasteiger partial charge in [0.15, 0.2) is 11.0 Å². The Bertz CT molecular complexity index is 1490. The molecule has 176 valence electrons. The molecule has 0 unspecified atom stereocenters. The maximum Gasteiger partial charge on any atom is 0.234 e. The number of benzene rings is 3. The first-order chi connectivity index (χ1) is 17.1. The van der Waals surface area contributed by atoms with E-state index in [1.807, 2.05) is 72.3 Å². The highest BCUT2D eigenvalue weighted by molar-refractivity contribution is 7.99. The first kappa shape index (κ1) is 22.7. The third kappa shape index (κ3) is 4.79. The molecule has 0 aliphatic rings. The van der Waals surface area contributed by atoms with Gasteiger partial charge in [-0.15, -0.1) is 10.2 Å². The summed E-state index contributed by atoms with van der Waals surface area (Å²) in [5.41, 5.74) is 4.71. The number of thioether (sulfide) groups is 1. The summed E-state index contributed by atoms with van der Waals surface area (Å²) in [5, 5.41) is 13.7. The van der Waals surface area contributed by atoms with E-state index in [-0.39, 0.29) is 11.7 Å². The average molecular weight is 484 g/mol. The zero-order chi connectivity index (χ0) is 24.2. The Hall–Kier alpha value is -4.04. The molecule has 5 rings (SSSR count). The smallest absolute Gasteiger partial charge is 0.234 e. The lowest BCUT2D eigenvalue weighted by atomic mass is 10.1. The van der Waals surface area contributed by atoms with Crippen molar-refractivity contribution in [2.75, 3.05) is 17.7 Å². The zero-order valence-electron chi connectivity index (χ0n) is 19.5. The van der Waals surface area contributed by atoms with Gasteiger partial charge in [-0.1, -0.05) is 54.2 Å². The van der Waals surface area contributed by atoms with Gasteiger partial charge in [0, 0.05) is 28.4 Å². The van der Waals surface area contributed by atoms with E-state index in [0.717, 1.165) is 33.5 Å².